The number of rotatable bonds is 6. The van der Waals surface area contributed by atoms with Crippen LogP contribution in [0, 0.1) is 5.92 Å². The van der Waals surface area contributed by atoms with E-state index in [0.717, 1.165) is 11.4 Å². The normalized spacial score (nSPS) is 17.0. The quantitative estimate of drug-likeness (QED) is 0.819. The van der Waals surface area contributed by atoms with Gasteiger partial charge in [-0.05, 0) is 57.4 Å². The number of ether oxygens (including phenoxy) is 1. The molecule has 1 N–H and O–H groups in total. The van der Waals surface area contributed by atoms with Gasteiger partial charge in [-0.2, -0.15) is 0 Å². The van der Waals surface area contributed by atoms with Gasteiger partial charge in [-0.25, -0.2) is 4.68 Å². The van der Waals surface area contributed by atoms with E-state index in [1.807, 2.05) is 45.0 Å². The first kappa shape index (κ1) is 19.9. The van der Waals surface area contributed by atoms with Gasteiger partial charge in [0.25, 0.3) is 5.91 Å². The summed E-state index contributed by atoms with van der Waals surface area (Å²) in [5, 5.41) is 17.6. The van der Waals surface area contributed by atoms with Crippen molar-refractivity contribution in [3.8, 4) is 11.4 Å². The van der Waals surface area contributed by atoms with Crippen LogP contribution in [0.5, 0.6) is 5.75 Å². The summed E-state index contributed by atoms with van der Waals surface area (Å²) in [5.74, 6) is -0.873. The number of hydrogen-bond donors (Lipinski definition) is 1. The van der Waals surface area contributed by atoms with E-state index in [4.69, 9.17) is 4.74 Å². The molecule has 2 aromatic rings. The Labute approximate surface area is 164 Å². The van der Waals surface area contributed by atoms with Crippen LogP contribution in [0.3, 0.4) is 0 Å². The number of aromatic nitrogens is 3. The van der Waals surface area contributed by atoms with Gasteiger partial charge in [-0.1, -0.05) is 12.1 Å². The maximum atomic E-state index is 13.0. The molecule has 8 nitrogen and oxygen atoms in total. The Hall–Kier alpha value is -2.90. The van der Waals surface area contributed by atoms with E-state index in [2.05, 4.69) is 10.3 Å². The maximum absolute atomic E-state index is 13.0. The second kappa shape index (κ2) is 8.41. The van der Waals surface area contributed by atoms with Gasteiger partial charge in [0.05, 0.1) is 23.4 Å². The first-order valence-corrected chi connectivity index (χ1v) is 9.64. The second-order valence-corrected chi connectivity index (χ2v) is 7.24. The second-order valence-electron chi connectivity index (χ2n) is 7.24. The number of carbonyl (C=O) groups is 2. The summed E-state index contributed by atoms with van der Waals surface area (Å²) in [4.78, 5) is 25.8. The van der Waals surface area contributed by atoms with Crippen LogP contribution >= 0.6 is 0 Å². The van der Waals surface area contributed by atoms with Gasteiger partial charge in [-0.3, -0.25) is 9.59 Å². The van der Waals surface area contributed by atoms with Crippen LogP contribution < -0.4 is 4.74 Å². The first-order chi connectivity index (χ1) is 13.4. The van der Waals surface area contributed by atoms with Crippen molar-refractivity contribution in [1.29, 1.82) is 0 Å². The highest BCUT2D eigenvalue weighted by Crippen LogP contribution is 2.22. The average Bonchev–Trinajstić information content (AvgIpc) is 3.11. The van der Waals surface area contributed by atoms with E-state index in [9.17, 15) is 14.7 Å². The molecule has 1 atom stereocenters. The summed E-state index contributed by atoms with van der Waals surface area (Å²) in [5.41, 5.74) is 1.79. The summed E-state index contributed by atoms with van der Waals surface area (Å²) >= 11 is 0. The molecule has 1 aromatic carbocycles. The molecule has 1 aromatic heterocycles. The number of carboxylic acids is 1. The molecule has 1 aliphatic rings. The summed E-state index contributed by atoms with van der Waals surface area (Å²) in [6, 6.07) is 7.47. The zero-order chi connectivity index (χ0) is 20.3. The van der Waals surface area contributed by atoms with Crippen LogP contribution in [0.1, 0.15) is 49.8 Å². The molecule has 2 heterocycles. The van der Waals surface area contributed by atoms with E-state index in [0.29, 0.717) is 31.5 Å². The molecule has 1 unspecified atom stereocenters. The Kier molecular flexibility index (Phi) is 5.96. The average molecular weight is 386 g/mol. The highest BCUT2D eigenvalue weighted by molar-refractivity contribution is 5.93. The smallest absolute Gasteiger partial charge is 0.308 e. The maximum Gasteiger partial charge on any atom is 0.308 e. The van der Waals surface area contributed by atoms with Crippen molar-refractivity contribution in [2.24, 2.45) is 5.92 Å². The van der Waals surface area contributed by atoms with E-state index in [1.54, 1.807) is 9.58 Å². The molecule has 1 amide bonds. The molecule has 1 aliphatic heterocycles. The third-order valence-electron chi connectivity index (χ3n) is 4.81. The number of likely N-dealkylation sites (tertiary alicyclic amines) is 1. The van der Waals surface area contributed by atoms with Crippen molar-refractivity contribution in [2.45, 2.75) is 46.1 Å². The van der Waals surface area contributed by atoms with Crippen molar-refractivity contribution < 1.29 is 19.4 Å². The molecule has 8 heteroatoms. The minimum absolute atomic E-state index is 0.0896. The van der Waals surface area contributed by atoms with Crippen molar-refractivity contribution in [2.75, 3.05) is 13.1 Å². The first-order valence-electron chi connectivity index (χ1n) is 9.64. The van der Waals surface area contributed by atoms with Crippen LogP contribution in [0.15, 0.2) is 24.3 Å². The summed E-state index contributed by atoms with van der Waals surface area (Å²) in [7, 11) is 0. The lowest BCUT2D eigenvalue weighted by Gasteiger charge is -2.30. The number of nitrogens with zero attached hydrogens (tertiary/aromatic N) is 4. The van der Waals surface area contributed by atoms with Crippen LogP contribution in [0.4, 0.5) is 0 Å². The van der Waals surface area contributed by atoms with Crippen LogP contribution in [-0.2, 0) is 11.2 Å². The van der Waals surface area contributed by atoms with Gasteiger partial charge in [0.2, 0.25) is 0 Å². The third kappa shape index (κ3) is 4.16. The van der Waals surface area contributed by atoms with Gasteiger partial charge in [0.15, 0.2) is 5.69 Å². The minimum Gasteiger partial charge on any atom is -0.491 e. The van der Waals surface area contributed by atoms with Crippen molar-refractivity contribution >= 4 is 11.9 Å². The van der Waals surface area contributed by atoms with Gasteiger partial charge in [-0.15, -0.1) is 5.10 Å². The molecule has 3 rings (SSSR count). The Balaban J connectivity index is 1.83. The lowest BCUT2D eigenvalue weighted by Crippen LogP contribution is -2.42. The van der Waals surface area contributed by atoms with Gasteiger partial charge in [0.1, 0.15) is 5.75 Å². The number of carboxylic acid groups (broad SMARTS) is 1. The fourth-order valence-corrected chi connectivity index (χ4v) is 3.44. The molecule has 1 saturated heterocycles. The standard InChI is InChI=1S/C20H26N4O4/c1-4-17-18(19(25)23-11-5-6-14(12-23)20(26)27)21-22-24(17)15-7-9-16(10-8-15)28-13(2)3/h7-10,13-14H,4-6,11-12H2,1-3H3,(H,26,27). The third-order valence-corrected chi connectivity index (χ3v) is 4.81. The predicted molar refractivity (Wildman–Crippen MR) is 103 cm³/mol. The number of amides is 1. The molecule has 0 aliphatic carbocycles. The Morgan fingerprint density at radius 1 is 1.29 bits per heavy atom. The fourth-order valence-electron chi connectivity index (χ4n) is 3.44. The number of piperidine rings is 1. The van der Waals surface area contributed by atoms with E-state index >= 15 is 0 Å². The number of benzene rings is 1. The molecule has 0 radical (unpaired) electrons. The number of carbonyl (C=O) groups excluding carboxylic acids is 1. The summed E-state index contributed by atoms with van der Waals surface area (Å²) in [6.07, 6.45) is 1.94. The van der Waals surface area contributed by atoms with Crippen molar-refractivity contribution in [3.63, 3.8) is 0 Å². The zero-order valence-corrected chi connectivity index (χ0v) is 16.5. The predicted octanol–water partition coefficient (Wildman–Crippen LogP) is 2.55. The minimum atomic E-state index is -0.861. The van der Waals surface area contributed by atoms with Crippen LogP contribution in [0.25, 0.3) is 5.69 Å². The molecule has 0 bridgehead atoms. The Bertz CT molecular complexity index is 844. The Morgan fingerprint density at radius 2 is 2.00 bits per heavy atom. The van der Waals surface area contributed by atoms with Crippen molar-refractivity contribution in [3.05, 3.63) is 35.7 Å². The number of aliphatic carboxylic acids is 1. The van der Waals surface area contributed by atoms with E-state index in [1.165, 1.54) is 0 Å². The lowest BCUT2D eigenvalue weighted by molar-refractivity contribution is -0.143. The Morgan fingerprint density at radius 3 is 2.61 bits per heavy atom. The molecule has 1 fully saturated rings. The van der Waals surface area contributed by atoms with Gasteiger partial charge >= 0.3 is 5.97 Å². The summed E-state index contributed by atoms with van der Waals surface area (Å²) < 4.78 is 7.32. The van der Waals surface area contributed by atoms with E-state index < -0.39 is 11.9 Å². The molecular weight excluding hydrogens is 360 g/mol. The van der Waals surface area contributed by atoms with Crippen LogP contribution in [-0.4, -0.2) is 56.1 Å². The van der Waals surface area contributed by atoms with Gasteiger partial charge < -0.3 is 14.7 Å². The van der Waals surface area contributed by atoms with Gasteiger partial charge in [0, 0.05) is 13.1 Å². The summed E-state index contributed by atoms with van der Waals surface area (Å²) in [6.45, 7) is 6.63. The zero-order valence-electron chi connectivity index (χ0n) is 16.5. The van der Waals surface area contributed by atoms with Crippen LogP contribution in [0.2, 0.25) is 0 Å². The lowest BCUT2D eigenvalue weighted by atomic mass is 9.98. The highest BCUT2D eigenvalue weighted by Gasteiger charge is 2.31. The van der Waals surface area contributed by atoms with E-state index in [-0.39, 0.29) is 24.2 Å². The molecule has 0 spiro atoms. The molecule has 28 heavy (non-hydrogen) atoms. The van der Waals surface area contributed by atoms with Crippen molar-refractivity contribution in [1.82, 2.24) is 19.9 Å². The molecular formula is C20H26N4O4. The highest BCUT2D eigenvalue weighted by atomic mass is 16.5. The molecule has 150 valence electrons. The largest absolute Gasteiger partial charge is 0.491 e. The molecule has 0 saturated carbocycles. The number of hydrogen-bond acceptors (Lipinski definition) is 5. The fraction of sp³-hybridized carbons (Fsp3) is 0.500. The topological polar surface area (TPSA) is 97.5 Å². The SMILES string of the molecule is CCc1c(C(=O)N2CCCC(C(=O)O)C2)nnn1-c1ccc(OC(C)C)cc1. The monoisotopic (exact) mass is 386 g/mol.